The Balaban J connectivity index is 1.21. The second kappa shape index (κ2) is 8.35. The maximum atomic E-state index is 12.5. The molecule has 0 amide bonds. The molecule has 0 aliphatic rings. The molecule has 5 aromatic rings. The molecule has 4 heterocycles. The topological polar surface area (TPSA) is 87.2 Å². The number of hydrogen-bond acceptors (Lipinski definition) is 6. The fraction of sp³-hybridized carbons (Fsp3) is 0.0833. The lowest BCUT2D eigenvalue weighted by atomic mass is 10.1. The molecule has 0 spiro atoms. The van der Waals surface area contributed by atoms with Crippen LogP contribution in [0, 0.1) is 0 Å². The minimum atomic E-state index is -0.544. The summed E-state index contributed by atoms with van der Waals surface area (Å²) in [7, 11) is 0. The summed E-state index contributed by atoms with van der Waals surface area (Å²) in [6.45, 7) is 0.0617. The standard InChI is InChI=1S/C24H18N4O4/c29-23(31-15-19-13-27-10-3-1-8-21(27)25-19)17-6-5-7-18(12-17)24(30)32-16-20-14-28-11-4-2-9-22(28)26-20/h1-14H,15-16H2. The molecule has 158 valence electrons. The number of rotatable bonds is 6. The van der Waals surface area contributed by atoms with E-state index >= 15 is 0 Å². The molecule has 0 aliphatic heterocycles. The molecule has 8 heteroatoms. The lowest BCUT2D eigenvalue weighted by Crippen LogP contribution is -2.09. The Morgan fingerprint density at radius 1 is 0.688 bits per heavy atom. The second-order valence-electron chi connectivity index (χ2n) is 7.13. The number of benzene rings is 1. The fourth-order valence-corrected chi connectivity index (χ4v) is 3.33. The summed E-state index contributed by atoms with van der Waals surface area (Å²) in [6, 6.07) is 17.5. The van der Waals surface area contributed by atoms with Crippen LogP contribution in [0.15, 0.2) is 85.5 Å². The first-order valence-electron chi connectivity index (χ1n) is 9.95. The molecule has 0 saturated carbocycles. The van der Waals surface area contributed by atoms with Crippen LogP contribution in [0.1, 0.15) is 32.1 Å². The van der Waals surface area contributed by atoms with Crippen molar-refractivity contribution >= 4 is 23.2 Å². The number of ether oxygens (including phenoxy) is 2. The van der Waals surface area contributed by atoms with Gasteiger partial charge in [0.2, 0.25) is 0 Å². The monoisotopic (exact) mass is 426 g/mol. The van der Waals surface area contributed by atoms with E-state index in [1.165, 1.54) is 6.07 Å². The van der Waals surface area contributed by atoms with Gasteiger partial charge in [-0.15, -0.1) is 0 Å². The van der Waals surface area contributed by atoms with E-state index in [0.29, 0.717) is 11.4 Å². The first kappa shape index (κ1) is 19.5. The first-order valence-corrected chi connectivity index (χ1v) is 9.95. The van der Waals surface area contributed by atoms with Crippen molar-refractivity contribution in [3.63, 3.8) is 0 Å². The van der Waals surface area contributed by atoms with Gasteiger partial charge in [0.25, 0.3) is 0 Å². The van der Waals surface area contributed by atoms with Gasteiger partial charge in [0.15, 0.2) is 0 Å². The summed E-state index contributed by atoms with van der Waals surface area (Å²) in [5, 5.41) is 0. The Kier molecular flexibility index (Phi) is 5.09. The molecular weight excluding hydrogens is 408 g/mol. The summed E-state index contributed by atoms with van der Waals surface area (Å²) in [6.07, 6.45) is 7.34. The predicted molar refractivity (Wildman–Crippen MR) is 115 cm³/mol. The lowest BCUT2D eigenvalue weighted by Gasteiger charge is -2.06. The van der Waals surface area contributed by atoms with Crippen LogP contribution < -0.4 is 0 Å². The van der Waals surface area contributed by atoms with Crippen molar-refractivity contribution in [2.75, 3.05) is 0 Å². The van der Waals surface area contributed by atoms with Crippen LogP contribution in [0.4, 0.5) is 0 Å². The Bertz CT molecular complexity index is 1270. The number of hydrogen-bond donors (Lipinski definition) is 0. The minimum Gasteiger partial charge on any atom is -0.456 e. The zero-order valence-corrected chi connectivity index (χ0v) is 16.9. The van der Waals surface area contributed by atoms with Gasteiger partial charge in [-0.2, -0.15) is 0 Å². The molecule has 5 rings (SSSR count). The number of carbonyl (C=O) groups is 2. The summed E-state index contributed by atoms with van der Waals surface area (Å²) in [5.74, 6) is -1.09. The van der Waals surface area contributed by atoms with E-state index in [1.54, 1.807) is 30.6 Å². The molecule has 0 saturated heterocycles. The second-order valence-corrected chi connectivity index (χ2v) is 7.13. The van der Waals surface area contributed by atoms with E-state index in [1.807, 2.05) is 57.6 Å². The molecule has 4 aromatic heterocycles. The summed E-state index contributed by atoms with van der Waals surface area (Å²) < 4.78 is 14.4. The number of aromatic nitrogens is 4. The largest absolute Gasteiger partial charge is 0.456 e. The molecule has 0 unspecified atom stereocenters. The first-order chi connectivity index (χ1) is 15.7. The SMILES string of the molecule is O=C(OCc1cn2ccccc2n1)c1cccc(C(=O)OCc2cn3ccccc3n2)c1. The van der Waals surface area contributed by atoms with E-state index in [9.17, 15) is 9.59 Å². The number of fused-ring (bicyclic) bond motifs is 2. The zero-order chi connectivity index (χ0) is 21.9. The smallest absolute Gasteiger partial charge is 0.338 e. The third-order valence-corrected chi connectivity index (χ3v) is 4.86. The maximum Gasteiger partial charge on any atom is 0.338 e. The predicted octanol–water partition coefficient (Wildman–Crippen LogP) is 3.70. The van der Waals surface area contributed by atoms with E-state index in [-0.39, 0.29) is 24.3 Å². The maximum absolute atomic E-state index is 12.5. The van der Waals surface area contributed by atoms with Gasteiger partial charge < -0.3 is 18.3 Å². The van der Waals surface area contributed by atoms with Gasteiger partial charge in [0, 0.05) is 24.8 Å². The van der Waals surface area contributed by atoms with Crippen LogP contribution in [0.25, 0.3) is 11.3 Å². The van der Waals surface area contributed by atoms with Crippen LogP contribution in [0.5, 0.6) is 0 Å². The molecule has 1 aromatic carbocycles. The lowest BCUT2D eigenvalue weighted by molar-refractivity contribution is 0.0466. The van der Waals surface area contributed by atoms with Crippen molar-refractivity contribution in [1.82, 2.24) is 18.8 Å². The molecule has 0 atom stereocenters. The zero-order valence-electron chi connectivity index (χ0n) is 16.9. The van der Waals surface area contributed by atoms with E-state index in [4.69, 9.17) is 9.47 Å². The molecule has 0 aliphatic carbocycles. The van der Waals surface area contributed by atoms with Crippen LogP contribution in [-0.2, 0) is 22.7 Å². The number of pyridine rings is 2. The van der Waals surface area contributed by atoms with Crippen molar-refractivity contribution < 1.29 is 19.1 Å². The van der Waals surface area contributed by atoms with Gasteiger partial charge in [0.05, 0.1) is 22.5 Å². The van der Waals surface area contributed by atoms with Crippen molar-refractivity contribution in [2.24, 2.45) is 0 Å². The van der Waals surface area contributed by atoms with Crippen molar-refractivity contribution in [1.29, 1.82) is 0 Å². The number of imidazole rings is 2. The Morgan fingerprint density at radius 3 is 1.66 bits per heavy atom. The Labute approximate surface area is 182 Å². The molecular formula is C24H18N4O4. The highest BCUT2D eigenvalue weighted by Crippen LogP contribution is 2.12. The van der Waals surface area contributed by atoms with Gasteiger partial charge in [0.1, 0.15) is 24.5 Å². The van der Waals surface area contributed by atoms with Gasteiger partial charge >= 0.3 is 11.9 Å². The van der Waals surface area contributed by atoms with Crippen LogP contribution in [0.2, 0.25) is 0 Å². The van der Waals surface area contributed by atoms with Crippen molar-refractivity contribution in [2.45, 2.75) is 13.2 Å². The molecule has 8 nitrogen and oxygen atoms in total. The Morgan fingerprint density at radius 2 is 1.19 bits per heavy atom. The summed E-state index contributed by atoms with van der Waals surface area (Å²) in [4.78, 5) is 33.7. The van der Waals surface area contributed by atoms with Crippen molar-refractivity contribution in [3.8, 4) is 0 Å². The highest BCUT2D eigenvalue weighted by molar-refractivity contribution is 5.95. The quantitative estimate of drug-likeness (QED) is 0.385. The van der Waals surface area contributed by atoms with E-state index in [0.717, 1.165) is 11.3 Å². The average molecular weight is 426 g/mol. The molecule has 0 fully saturated rings. The van der Waals surface area contributed by atoms with E-state index in [2.05, 4.69) is 9.97 Å². The average Bonchev–Trinajstić information content (AvgIpc) is 3.44. The van der Waals surface area contributed by atoms with Gasteiger partial charge in [-0.1, -0.05) is 18.2 Å². The van der Waals surface area contributed by atoms with Gasteiger partial charge in [-0.25, -0.2) is 19.6 Å². The van der Waals surface area contributed by atoms with E-state index < -0.39 is 11.9 Å². The van der Waals surface area contributed by atoms with Crippen LogP contribution in [-0.4, -0.2) is 30.7 Å². The fourth-order valence-electron chi connectivity index (χ4n) is 3.33. The van der Waals surface area contributed by atoms with Crippen LogP contribution in [0.3, 0.4) is 0 Å². The van der Waals surface area contributed by atoms with Gasteiger partial charge in [-0.3, -0.25) is 0 Å². The minimum absolute atomic E-state index is 0.0308. The highest BCUT2D eigenvalue weighted by Gasteiger charge is 2.14. The molecule has 0 radical (unpaired) electrons. The third-order valence-electron chi connectivity index (χ3n) is 4.86. The number of esters is 2. The third kappa shape index (κ3) is 4.06. The molecule has 32 heavy (non-hydrogen) atoms. The summed E-state index contributed by atoms with van der Waals surface area (Å²) >= 11 is 0. The molecule has 0 N–H and O–H groups in total. The normalized spacial score (nSPS) is 11.0. The summed E-state index contributed by atoms with van der Waals surface area (Å²) in [5.41, 5.74) is 3.33. The van der Waals surface area contributed by atoms with Crippen molar-refractivity contribution in [3.05, 3.63) is 108 Å². The molecule has 0 bridgehead atoms. The van der Waals surface area contributed by atoms with Gasteiger partial charge in [-0.05, 0) is 42.5 Å². The Hall–Kier alpha value is -4.46. The van der Waals surface area contributed by atoms with Crippen LogP contribution >= 0.6 is 0 Å². The number of nitrogens with zero attached hydrogens (tertiary/aromatic N) is 4. The highest BCUT2D eigenvalue weighted by atomic mass is 16.5. The number of carbonyl (C=O) groups excluding carboxylic acids is 2.